The zero-order valence-electron chi connectivity index (χ0n) is 11.2. The molecule has 0 saturated heterocycles. The van der Waals surface area contributed by atoms with Gasteiger partial charge in [-0.1, -0.05) is 26.0 Å². The van der Waals surface area contributed by atoms with Crippen LogP contribution in [-0.2, 0) is 4.79 Å². The maximum absolute atomic E-state index is 11.9. The van der Waals surface area contributed by atoms with Gasteiger partial charge in [0.1, 0.15) is 0 Å². The first kappa shape index (κ1) is 15.0. The van der Waals surface area contributed by atoms with Gasteiger partial charge in [-0.3, -0.25) is 9.59 Å². The number of nitrogens with one attached hydrogen (secondary N) is 1. The largest absolute Gasteiger partial charge is 0.481 e. The van der Waals surface area contributed by atoms with E-state index in [0.29, 0.717) is 17.7 Å². The number of aliphatic carboxylic acids is 1. The Labute approximate surface area is 112 Å². The Bertz CT molecular complexity index is 458. The molecule has 5 heteroatoms. The fourth-order valence-corrected chi connectivity index (χ4v) is 1.86. The first-order valence-electron chi connectivity index (χ1n) is 6.27. The van der Waals surface area contributed by atoms with Crippen molar-refractivity contribution in [3.63, 3.8) is 0 Å². The Morgan fingerprint density at radius 3 is 2.47 bits per heavy atom. The number of nitrogen functional groups attached to an aromatic ring is 1. The van der Waals surface area contributed by atoms with Gasteiger partial charge >= 0.3 is 5.97 Å². The second kappa shape index (κ2) is 6.78. The van der Waals surface area contributed by atoms with Gasteiger partial charge in [0.05, 0.1) is 11.5 Å². The molecule has 1 atom stereocenters. The summed E-state index contributed by atoms with van der Waals surface area (Å²) in [6.07, 6.45) is 0.528. The molecule has 0 bridgehead atoms. The zero-order valence-corrected chi connectivity index (χ0v) is 11.2. The minimum Gasteiger partial charge on any atom is -0.481 e. The second-order valence-electron chi connectivity index (χ2n) is 4.96. The molecule has 0 heterocycles. The van der Waals surface area contributed by atoms with E-state index in [9.17, 15) is 9.59 Å². The highest BCUT2D eigenvalue weighted by Crippen LogP contribution is 2.13. The number of rotatable bonds is 6. The van der Waals surface area contributed by atoms with Crippen molar-refractivity contribution in [1.29, 1.82) is 0 Å². The highest BCUT2D eigenvalue weighted by Gasteiger charge is 2.20. The Morgan fingerprint density at radius 2 is 1.95 bits per heavy atom. The Kier molecular flexibility index (Phi) is 5.36. The third-order valence-electron chi connectivity index (χ3n) is 2.82. The number of benzene rings is 1. The average molecular weight is 264 g/mol. The molecular formula is C14H20N2O3. The second-order valence-corrected chi connectivity index (χ2v) is 4.96. The van der Waals surface area contributed by atoms with Crippen molar-refractivity contribution in [3.8, 4) is 0 Å². The van der Waals surface area contributed by atoms with E-state index >= 15 is 0 Å². The van der Waals surface area contributed by atoms with Gasteiger partial charge in [-0.05, 0) is 24.5 Å². The molecule has 1 aromatic rings. The van der Waals surface area contributed by atoms with Gasteiger partial charge < -0.3 is 16.2 Å². The van der Waals surface area contributed by atoms with E-state index in [1.165, 1.54) is 0 Å². The van der Waals surface area contributed by atoms with Gasteiger partial charge in [-0.15, -0.1) is 0 Å². The van der Waals surface area contributed by atoms with Crippen LogP contribution in [0.25, 0.3) is 0 Å². The van der Waals surface area contributed by atoms with Crippen LogP contribution in [0.5, 0.6) is 0 Å². The van der Waals surface area contributed by atoms with E-state index in [1.54, 1.807) is 24.3 Å². The lowest BCUT2D eigenvalue weighted by molar-refractivity contribution is -0.142. The molecule has 1 aromatic carbocycles. The lowest BCUT2D eigenvalue weighted by atomic mass is 9.97. The van der Waals surface area contributed by atoms with Crippen LogP contribution in [0.2, 0.25) is 0 Å². The van der Waals surface area contributed by atoms with Crippen LogP contribution in [0.3, 0.4) is 0 Å². The number of anilines is 1. The van der Waals surface area contributed by atoms with E-state index in [4.69, 9.17) is 10.8 Å². The third kappa shape index (κ3) is 4.62. The summed E-state index contributed by atoms with van der Waals surface area (Å²) in [6.45, 7) is 4.01. The van der Waals surface area contributed by atoms with Crippen molar-refractivity contribution in [3.05, 3.63) is 29.8 Å². The molecule has 19 heavy (non-hydrogen) atoms. The van der Waals surface area contributed by atoms with Crippen LogP contribution < -0.4 is 11.1 Å². The minimum atomic E-state index is -0.893. The highest BCUT2D eigenvalue weighted by molar-refractivity contribution is 5.99. The van der Waals surface area contributed by atoms with Crippen LogP contribution in [0, 0.1) is 11.8 Å². The minimum absolute atomic E-state index is 0.112. The molecule has 0 saturated carbocycles. The summed E-state index contributed by atoms with van der Waals surface area (Å²) in [5, 5.41) is 11.7. The van der Waals surface area contributed by atoms with Crippen LogP contribution in [0.15, 0.2) is 24.3 Å². The van der Waals surface area contributed by atoms with Crippen molar-refractivity contribution < 1.29 is 14.7 Å². The van der Waals surface area contributed by atoms with Gasteiger partial charge in [-0.25, -0.2) is 0 Å². The number of amides is 1. The summed E-state index contributed by atoms with van der Waals surface area (Å²) >= 11 is 0. The van der Waals surface area contributed by atoms with Gasteiger partial charge in [0, 0.05) is 12.2 Å². The molecule has 1 unspecified atom stereocenters. The molecule has 5 nitrogen and oxygen atoms in total. The van der Waals surface area contributed by atoms with Crippen molar-refractivity contribution in [2.45, 2.75) is 20.3 Å². The maximum atomic E-state index is 11.9. The van der Waals surface area contributed by atoms with Gasteiger partial charge in [0.15, 0.2) is 0 Å². The molecule has 1 amide bonds. The normalized spacial score (nSPS) is 12.2. The molecule has 0 radical (unpaired) electrons. The number of carboxylic acid groups (broad SMARTS) is 1. The first-order chi connectivity index (χ1) is 8.91. The van der Waals surface area contributed by atoms with E-state index in [1.807, 2.05) is 13.8 Å². The standard InChI is InChI=1S/C14H20N2O3/c1-9(2)7-10(14(18)19)8-16-13(17)11-5-3-4-6-12(11)15/h3-6,9-10H,7-8,15H2,1-2H3,(H,16,17)(H,18,19). The van der Waals surface area contributed by atoms with Crippen LogP contribution in [0.4, 0.5) is 5.69 Å². The van der Waals surface area contributed by atoms with Crippen LogP contribution in [0.1, 0.15) is 30.6 Å². The summed E-state index contributed by atoms with van der Waals surface area (Å²) in [6, 6.07) is 6.71. The lowest BCUT2D eigenvalue weighted by Crippen LogP contribution is -2.34. The fourth-order valence-electron chi connectivity index (χ4n) is 1.86. The maximum Gasteiger partial charge on any atom is 0.308 e. The lowest BCUT2D eigenvalue weighted by Gasteiger charge is -2.15. The Morgan fingerprint density at radius 1 is 1.32 bits per heavy atom. The summed E-state index contributed by atoms with van der Waals surface area (Å²) in [5.74, 6) is -1.54. The van der Waals surface area contributed by atoms with Crippen molar-refractivity contribution >= 4 is 17.6 Å². The number of nitrogens with two attached hydrogens (primary N) is 1. The molecule has 104 valence electrons. The zero-order chi connectivity index (χ0) is 14.4. The van der Waals surface area contributed by atoms with E-state index < -0.39 is 11.9 Å². The van der Waals surface area contributed by atoms with Crippen molar-refractivity contribution in [2.24, 2.45) is 11.8 Å². The molecule has 1 rings (SSSR count). The van der Waals surface area contributed by atoms with Gasteiger partial charge in [0.25, 0.3) is 5.91 Å². The van der Waals surface area contributed by atoms with E-state index in [0.717, 1.165) is 0 Å². The number of carboxylic acids is 1. The van der Waals surface area contributed by atoms with Crippen molar-refractivity contribution in [1.82, 2.24) is 5.32 Å². The third-order valence-corrected chi connectivity index (χ3v) is 2.82. The number of para-hydroxylation sites is 1. The summed E-state index contributed by atoms with van der Waals surface area (Å²) in [7, 11) is 0. The molecule has 0 aliphatic rings. The van der Waals surface area contributed by atoms with Gasteiger partial charge in [0.2, 0.25) is 0 Å². The number of hydrogen-bond donors (Lipinski definition) is 3. The van der Waals surface area contributed by atoms with Crippen LogP contribution >= 0.6 is 0 Å². The van der Waals surface area contributed by atoms with E-state index in [2.05, 4.69) is 5.32 Å². The highest BCUT2D eigenvalue weighted by atomic mass is 16.4. The van der Waals surface area contributed by atoms with Crippen LogP contribution in [-0.4, -0.2) is 23.5 Å². The average Bonchev–Trinajstić information content (AvgIpc) is 2.34. The molecule has 0 spiro atoms. The number of hydrogen-bond acceptors (Lipinski definition) is 3. The summed E-state index contributed by atoms with van der Waals surface area (Å²) in [5.41, 5.74) is 6.45. The topological polar surface area (TPSA) is 92.4 Å². The van der Waals surface area contributed by atoms with Crippen molar-refractivity contribution in [2.75, 3.05) is 12.3 Å². The molecule has 0 aromatic heterocycles. The summed E-state index contributed by atoms with van der Waals surface area (Å²) in [4.78, 5) is 23.0. The van der Waals surface area contributed by atoms with E-state index in [-0.39, 0.29) is 18.4 Å². The molecule has 0 aliphatic heterocycles. The Balaban J connectivity index is 2.62. The molecule has 0 fully saturated rings. The quantitative estimate of drug-likeness (QED) is 0.682. The molecule has 0 aliphatic carbocycles. The Hall–Kier alpha value is -2.04. The van der Waals surface area contributed by atoms with Gasteiger partial charge in [-0.2, -0.15) is 0 Å². The predicted molar refractivity (Wildman–Crippen MR) is 73.8 cm³/mol. The predicted octanol–water partition coefficient (Wildman–Crippen LogP) is 1.75. The SMILES string of the molecule is CC(C)CC(CNC(=O)c1ccccc1N)C(=O)O. The smallest absolute Gasteiger partial charge is 0.308 e. The number of carbonyl (C=O) groups is 2. The molecular weight excluding hydrogens is 244 g/mol. The first-order valence-corrected chi connectivity index (χ1v) is 6.27. The fraction of sp³-hybridized carbons (Fsp3) is 0.429. The summed E-state index contributed by atoms with van der Waals surface area (Å²) < 4.78 is 0. The monoisotopic (exact) mass is 264 g/mol. The number of carbonyl (C=O) groups excluding carboxylic acids is 1. The molecule has 4 N–H and O–H groups in total.